The van der Waals surface area contributed by atoms with Crippen LogP contribution in [0.4, 0.5) is 19.3 Å². The van der Waals surface area contributed by atoms with Crippen LogP contribution in [0.1, 0.15) is 37.2 Å². The van der Waals surface area contributed by atoms with Crippen molar-refractivity contribution >= 4 is 34.9 Å². The average Bonchev–Trinajstić information content (AvgIpc) is 2.65. The zero-order valence-corrected chi connectivity index (χ0v) is 17.3. The minimum absolute atomic E-state index is 0.0213. The summed E-state index contributed by atoms with van der Waals surface area (Å²) in [5, 5.41) is 9.77. The molecule has 8 heteroatoms. The molecule has 0 aromatic heterocycles. The van der Waals surface area contributed by atoms with E-state index in [1.54, 1.807) is 6.07 Å². The molecule has 2 aromatic carbocycles. The molecule has 2 aromatic rings. The van der Waals surface area contributed by atoms with Crippen molar-refractivity contribution in [3.05, 3.63) is 63.6 Å². The number of hydrogen-bond acceptors (Lipinski definition) is 2. The van der Waals surface area contributed by atoms with Gasteiger partial charge in [-0.15, -0.1) is 0 Å². The monoisotopic (exact) mass is 441 g/mol. The highest BCUT2D eigenvalue weighted by Gasteiger charge is 2.19. The van der Waals surface area contributed by atoms with Crippen LogP contribution in [-0.2, 0) is 0 Å². The Morgan fingerprint density at radius 1 is 1.07 bits per heavy atom. The molecule has 2 amide bonds. The van der Waals surface area contributed by atoms with E-state index in [0.29, 0.717) is 22.6 Å². The van der Waals surface area contributed by atoms with E-state index in [1.807, 2.05) is 12.1 Å². The number of benzene rings is 2. The maximum Gasteiger partial charge on any atom is 0.319 e. The van der Waals surface area contributed by atoms with E-state index in [9.17, 15) is 13.6 Å². The fourth-order valence-corrected chi connectivity index (χ4v) is 3.50. The van der Waals surface area contributed by atoms with E-state index in [-0.39, 0.29) is 11.6 Å². The van der Waals surface area contributed by atoms with E-state index in [4.69, 9.17) is 23.2 Å². The minimum Gasteiger partial charge on any atom is -0.337 e. The van der Waals surface area contributed by atoms with Gasteiger partial charge in [0.25, 0.3) is 0 Å². The van der Waals surface area contributed by atoms with Gasteiger partial charge in [-0.2, -0.15) is 0 Å². The fraction of sp³-hybridized carbons (Fsp3) is 0.381. The average molecular weight is 442 g/mol. The summed E-state index contributed by atoms with van der Waals surface area (Å²) in [5.41, 5.74) is 1.15. The van der Waals surface area contributed by atoms with Crippen molar-refractivity contribution in [3.8, 4) is 0 Å². The van der Waals surface area contributed by atoms with E-state index in [1.165, 1.54) is 25.3 Å². The Kier molecular flexibility index (Phi) is 7.70. The first kappa shape index (κ1) is 21.8. The smallest absolute Gasteiger partial charge is 0.319 e. The maximum absolute atomic E-state index is 13.3. The third kappa shape index (κ3) is 6.29. The Labute approximate surface area is 179 Å². The molecule has 1 unspecified atom stereocenters. The van der Waals surface area contributed by atoms with Crippen LogP contribution >= 0.6 is 23.2 Å². The summed E-state index contributed by atoms with van der Waals surface area (Å²) < 4.78 is 26.3. The molecule has 1 saturated carbocycles. The SMILES string of the molecule is O=C(NCC(CCNC1CCC1)c1ccc(Cl)c(Cl)c1)Nc1ccc(F)c(F)c1. The largest absolute Gasteiger partial charge is 0.337 e. The van der Waals surface area contributed by atoms with Crippen molar-refractivity contribution in [2.24, 2.45) is 0 Å². The van der Waals surface area contributed by atoms with Crippen LogP contribution in [0.2, 0.25) is 10.0 Å². The lowest BCUT2D eigenvalue weighted by molar-refractivity contribution is 0.251. The van der Waals surface area contributed by atoms with Gasteiger partial charge in [0.2, 0.25) is 0 Å². The summed E-state index contributed by atoms with van der Waals surface area (Å²) >= 11 is 12.2. The second-order valence-electron chi connectivity index (χ2n) is 7.21. The van der Waals surface area contributed by atoms with Gasteiger partial charge in [0.15, 0.2) is 11.6 Å². The van der Waals surface area contributed by atoms with Gasteiger partial charge in [0.1, 0.15) is 0 Å². The lowest BCUT2D eigenvalue weighted by Gasteiger charge is -2.28. The molecule has 1 fully saturated rings. The summed E-state index contributed by atoms with van der Waals surface area (Å²) in [5.74, 6) is -1.96. The van der Waals surface area contributed by atoms with Gasteiger partial charge < -0.3 is 16.0 Å². The van der Waals surface area contributed by atoms with Gasteiger partial charge in [0.05, 0.1) is 10.0 Å². The molecule has 156 valence electrons. The number of carbonyl (C=O) groups excluding carboxylic acids is 1. The summed E-state index contributed by atoms with van der Waals surface area (Å²) in [6, 6.07) is 8.75. The molecule has 1 aliphatic carbocycles. The van der Waals surface area contributed by atoms with Gasteiger partial charge in [-0.25, -0.2) is 13.6 Å². The molecular weight excluding hydrogens is 419 g/mol. The van der Waals surface area contributed by atoms with Crippen molar-refractivity contribution in [2.45, 2.75) is 37.6 Å². The van der Waals surface area contributed by atoms with Gasteiger partial charge in [-0.05, 0) is 55.6 Å². The number of urea groups is 1. The number of nitrogens with one attached hydrogen (secondary N) is 3. The normalized spacial score (nSPS) is 14.9. The maximum atomic E-state index is 13.3. The first-order chi connectivity index (χ1) is 13.9. The Hall–Kier alpha value is -1.89. The minimum atomic E-state index is -1.02. The molecule has 0 radical (unpaired) electrons. The molecular formula is C21H23Cl2F2N3O. The van der Waals surface area contributed by atoms with Crippen LogP contribution in [0.3, 0.4) is 0 Å². The number of halogens is 4. The van der Waals surface area contributed by atoms with E-state index in [2.05, 4.69) is 16.0 Å². The predicted molar refractivity (Wildman–Crippen MR) is 113 cm³/mol. The van der Waals surface area contributed by atoms with Crippen molar-refractivity contribution in [1.29, 1.82) is 0 Å². The molecule has 29 heavy (non-hydrogen) atoms. The van der Waals surface area contributed by atoms with Crippen LogP contribution in [-0.4, -0.2) is 25.2 Å². The third-order valence-electron chi connectivity index (χ3n) is 5.13. The van der Waals surface area contributed by atoms with Crippen molar-refractivity contribution in [2.75, 3.05) is 18.4 Å². The molecule has 3 rings (SSSR count). The Bertz CT molecular complexity index is 862. The Morgan fingerprint density at radius 3 is 2.52 bits per heavy atom. The fourth-order valence-electron chi connectivity index (χ4n) is 3.19. The van der Waals surface area contributed by atoms with Crippen LogP contribution in [0.5, 0.6) is 0 Å². The molecule has 0 heterocycles. The highest BCUT2D eigenvalue weighted by molar-refractivity contribution is 6.42. The van der Waals surface area contributed by atoms with E-state index in [0.717, 1.165) is 30.7 Å². The lowest BCUT2D eigenvalue weighted by atomic mass is 9.92. The van der Waals surface area contributed by atoms with Gasteiger partial charge in [-0.3, -0.25) is 0 Å². The first-order valence-corrected chi connectivity index (χ1v) is 10.4. The molecule has 1 atom stereocenters. The Morgan fingerprint density at radius 2 is 1.86 bits per heavy atom. The molecule has 3 N–H and O–H groups in total. The van der Waals surface area contributed by atoms with Crippen molar-refractivity contribution in [3.63, 3.8) is 0 Å². The molecule has 0 saturated heterocycles. The van der Waals surface area contributed by atoms with E-state index >= 15 is 0 Å². The summed E-state index contributed by atoms with van der Waals surface area (Å²) in [7, 11) is 0. The van der Waals surface area contributed by atoms with Crippen LogP contribution in [0.15, 0.2) is 36.4 Å². The predicted octanol–water partition coefficient (Wildman–Crippen LogP) is 5.71. The lowest BCUT2D eigenvalue weighted by Crippen LogP contribution is -2.37. The highest BCUT2D eigenvalue weighted by atomic mass is 35.5. The first-order valence-electron chi connectivity index (χ1n) is 9.60. The third-order valence-corrected chi connectivity index (χ3v) is 5.87. The summed E-state index contributed by atoms with van der Waals surface area (Å²) in [6.45, 7) is 1.18. The standard InChI is InChI=1S/C21H23Cl2F2N3O/c22-17-6-4-13(10-18(17)23)14(8-9-26-15-2-1-3-15)12-27-21(29)28-16-5-7-19(24)20(25)11-16/h4-7,10-11,14-15,26H,1-3,8-9,12H2,(H2,27,28,29). The zero-order chi connectivity index (χ0) is 20.8. The second-order valence-corrected chi connectivity index (χ2v) is 8.02. The molecule has 0 aliphatic heterocycles. The van der Waals surface area contributed by atoms with Crippen LogP contribution in [0.25, 0.3) is 0 Å². The van der Waals surface area contributed by atoms with E-state index < -0.39 is 17.7 Å². The number of amides is 2. The second kappa shape index (κ2) is 10.2. The van der Waals surface area contributed by atoms with Gasteiger partial charge in [0, 0.05) is 30.3 Å². The molecule has 4 nitrogen and oxygen atoms in total. The number of carbonyl (C=O) groups is 1. The van der Waals surface area contributed by atoms with Crippen LogP contribution in [0, 0.1) is 11.6 Å². The van der Waals surface area contributed by atoms with Gasteiger partial charge in [-0.1, -0.05) is 35.7 Å². The van der Waals surface area contributed by atoms with Crippen molar-refractivity contribution < 1.29 is 13.6 Å². The zero-order valence-electron chi connectivity index (χ0n) is 15.8. The summed E-state index contributed by atoms with van der Waals surface area (Å²) in [6.07, 6.45) is 4.47. The van der Waals surface area contributed by atoms with Gasteiger partial charge >= 0.3 is 6.03 Å². The number of hydrogen-bond donors (Lipinski definition) is 3. The molecule has 0 spiro atoms. The quantitative estimate of drug-likeness (QED) is 0.491. The highest BCUT2D eigenvalue weighted by Crippen LogP contribution is 2.28. The van der Waals surface area contributed by atoms with Crippen LogP contribution < -0.4 is 16.0 Å². The molecule has 0 bridgehead atoms. The topological polar surface area (TPSA) is 53.2 Å². The van der Waals surface area contributed by atoms with Crippen molar-refractivity contribution in [1.82, 2.24) is 10.6 Å². The number of anilines is 1. The Balaban J connectivity index is 1.59. The molecule has 1 aliphatic rings. The number of rotatable bonds is 8. The summed E-state index contributed by atoms with van der Waals surface area (Å²) in [4.78, 5) is 12.2.